The molecule has 0 N–H and O–H groups in total. The zero-order chi connectivity index (χ0) is 51.4. The van der Waals surface area contributed by atoms with Crippen molar-refractivity contribution < 1.29 is 28.6 Å². The molecule has 0 saturated carbocycles. The summed E-state index contributed by atoms with van der Waals surface area (Å²) in [5.74, 6) is -1.09. The number of esters is 3. The van der Waals surface area contributed by atoms with Crippen LogP contribution < -0.4 is 0 Å². The average Bonchev–Trinajstić information content (AvgIpc) is 3.37. The lowest BCUT2D eigenvalue weighted by atomic mass is 10.0. The van der Waals surface area contributed by atoms with Crippen LogP contribution in [0.5, 0.6) is 0 Å². The van der Waals surface area contributed by atoms with Gasteiger partial charge in [-0.2, -0.15) is 0 Å². The van der Waals surface area contributed by atoms with Crippen LogP contribution in [0.1, 0.15) is 239 Å². The third kappa shape index (κ3) is 56.3. The van der Waals surface area contributed by atoms with E-state index in [0.717, 1.165) is 116 Å². The number of ether oxygens (including phenoxy) is 3. The quantitative estimate of drug-likeness (QED) is 0.0262. The Bertz CT molecular complexity index is 1550. The highest BCUT2D eigenvalue weighted by atomic mass is 16.6. The van der Waals surface area contributed by atoms with E-state index in [2.05, 4.69) is 142 Å². The minimum Gasteiger partial charge on any atom is -0.462 e. The smallest absolute Gasteiger partial charge is 0.310 e. The SMILES string of the molecule is CC/C=C\C/C=C\C/C=C\C/C=C\C/C=C\C/C=C\CCCCCCC(=O)OCC(COC(=O)CCCCCCCCCCCCCCCCC)OC(=O)C/C=C\C/C=C\C/C=C\C/C=C\C/C=C\CC. The predicted octanol–water partition coefficient (Wildman–Crippen LogP) is 19.4. The lowest BCUT2D eigenvalue weighted by Gasteiger charge is -2.18. The standard InChI is InChI=1S/C65H104O6/c1-4-7-10-13-16-19-22-25-28-29-30-31-32-33-34-35-38-40-43-46-49-52-55-58-64(67)70-61-62(71-65(68)59-56-53-50-47-44-41-37-27-24-21-18-15-12-9-6-3)60-69-63(66)57-54-51-48-45-42-39-36-26-23-20-17-14-11-8-5-2/h7,9-10,12,16,18-19,21,25,27-28,30-31,33-34,37-38,40,44,47,53,56,62H,4-6,8,11,13-15,17,20,22-24,26,29,32,35-36,39,41-43,45-46,48-52,54-55,57-61H2,1-3H3/b10-7-,12-9-,19-16-,21-18-,28-25-,31-30-,34-33-,37-27-,40-38-,47-44-,56-53-. The maximum Gasteiger partial charge on any atom is 0.310 e. The van der Waals surface area contributed by atoms with E-state index >= 15 is 0 Å². The Morgan fingerprint density at radius 1 is 0.310 bits per heavy atom. The van der Waals surface area contributed by atoms with E-state index in [0.29, 0.717) is 19.3 Å². The number of allylic oxidation sites excluding steroid dienone is 21. The Kier molecular flexibility index (Phi) is 54.5. The van der Waals surface area contributed by atoms with Gasteiger partial charge in [0.25, 0.3) is 0 Å². The Labute approximate surface area is 436 Å². The van der Waals surface area contributed by atoms with Gasteiger partial charge in [0.2, 0.25) is 0 Å². The van der Waals surface area contributed by atoms with Crippen LogP contribution in [-0.2, 0) is 28.6 Å². The van der Waals surface area contributed by atoms with Crippen LogP contribution in [0.4, 0.5) is 0 Å². The summed E-state index contributed by atoms with van der Waals surface area (Å²) in [6, 6.07) is 0. The van der Waals surface area contributed by atoms with Gasteiger partial charge in [0, 0.05) is 12.8 Å². The molecule has 6 nitrogen and oxygen atoms in total. The van der Waals surface area contributed by atoms with Gasteiger partial charge in [-0.25, -0.2) is 0 Å². The van der Waals surface area contributed by atoms with Crippen molar-refractivity contribution >= 4 is 17.9 Å². The first-order chi connectivity index (χ1) is 35.0. The molecule has 0 aliphatic rings. The van der Waals surface area contributed by atoms with Crippen molar-refractivity contribution in [3.63, 3.8) is 0 Å². The molecule has 0 heterocycles. The highest BCUT2D eigenvalue weighted by Crippen LogP contribution is 2.15. The minimum absolute atomic E-state index is 0.0869. The Hall–Kier alpha value is -4.45. The van der Waals surface area contributed by atoms with Gasteiger partial charge in [-0.1, -0.05) is 257 Å². The Morgan fingerprint density at radius 3 is 0.930 bits per heavy atom. The molecular formula is C65H104O6. The molecule has 0 rings (SSSR count). The summed E-state index contributed by atoms with van der Waals surface area (Å²) in [7, 11) is 0. The first kappa shape index (κ1) is 66.6. The second kappa shape index (κ2) is 58.1. The van der Waals surface area contributed by atoms with E-state index in [9.17, 15) is 14.4 Å². The summed E-state index contributed by atoms with van der Waals surface area (Å²) >= 11 is 0. The van der Waals surface area contributed by atoms with Crippen LogP contribution in [0.15, 0.2) is 134 Å². The second-order valence-corrected chi connectivity index (χ2v) is 18.5. The maximum atomic E-state index is 12.8. The molecule has 0 fully saturated rings. The number of hydrogen-bond donors (Lipinski definition) is 0. The molecule has 71 heavy (non-hydrogen) atoms. The molecule has 0 saturated heterocycles. The van der Waals surface area contributed by atoms with Gasteiger partial charge in [-0.05, 0) is 96.3 Å². The van der Waals surface area contributed by atoms with Crippen LogP contribution in [0, 0.1) is 0 Å². The van der Waals surface area contributed by atoms with Crippen LogP contribution in [-0.4, -0.2) is 37.2 Å². The highest BCUT2D eigenvalue weighted by molar-refractivity contribution is 5.72. The van der Waals surface area contributed by atoms with Crippen molar-refractivity contribution in [2.75, 3.05) is 13.2 Å². The second-order valence-electron chi connectivity index (χ2n) is 18.5. The Balaban J connectivity index is 4.52. The van der Waals surface area contributed by atoms with Gasteiger partial charge in [0.05, 0.1) is 6.42 Å². The lowest BCUT2D eigenvalue weighted by molar-refractivity contribution is -0.166. The van der Waals surface area contributed by atoms with E-state index in [1.54, 1.807) is 6.08 Å². The number of carbonyl (C=O) groups is 3. The van der Waals surface area contributed by atoms with Crippen LogP contribution in [0.3, 0.4) is 0 Å². The molecule has 1 atom stereocenters. The van der Waals surface area contributed by atoms with Gasteiger partial charge in [-0.3, -0.25) is 14.4 Å². The predicted molar refractivity (Wildman–Crippen MR) is 306 cm³/mol. The van der Waals surface area contributed by atoms with E-state index in [-0.39, 0.29) is 31.6 Å². The molecule has 0 aromatic heterocycles. The fourth-order valence-electron chi connectivity index (χ4n) is 7.46. The fourth-order valence-corrected chi connectivity index (χ4v) is 7.46. The van der Waals surface area contributed by atoms with E-state index in [4.69, 9.17) is 14.2 Å². The molecule has 1 unspecified atom stereocenters. The van der Waals surface area contributed by atoms with Crippen LogP contribution >= 0.6 is 0 Å². The third-order valence-electron chi connectivity index (χ3n) is 11.7. The molecule has 0 bridgehead atoms. The third-order valence-corrected chi connectivity index (χ3v) is 11.7. The molecule has 6 heteroatoms. The molecule has 0 spiro atoms. The van der Waals surface area contributed by atoms with Gasteiger partial charge in [0.1, 0.15) is 13.2 Å². The molecule has 0 radical (unpaired) electrons. The summed E-state index contributed by atoms with van der Waals surface area (Å²) in [5.41, 5.74) is 0. The van der Waals surface area contributed by atoms with Crippen LogP contribution in [0.25, 0.3) is 0 Å². The number of rotatable bonds is 50. The fraction of sp³-hybridized carbons (Fsp3) is 0.615. The molecule has 400 valence electrons. The van der Waals surface area contributed by atoms with Crippen molar-refractivity contribution in [1.29, 1.82) is 0 Å². The maximum absolute atomic E-state index is 12.8. The Morgan fingerprint density at radius 2 is 0.592 bits per heavy atom. The van der Waals surface area contributed by atoms with Crippen LogP contribution in [0.2, 0.25) is 0 Å². The normalized spacial score (nSPS) is 13.1. The molecular weight excluding hydrogens is 877 g/mol. The summed E-state index contributed by atoms with van der Waals surface area (Å²) in [4.78, 5) is 38.1. The first-order valence-corrected chi connectivity index (χ1v) is 28.7. The monoisotopic (exact) mass is 981 g/mol. The van der Waals surface area contributed by atoms with E-state index in [1.807, 2.05) is 6.08 Å². The summed E-state index contributed by atoms with van der Waals surface area (Å²) in [6.07, 6.45) is 81.8. The lowest BCUT2D eigenvalue weighted by Crippen LogP contribution is -2.30. The van der Waals surface area contributed by atoms with Crippen molar-refractivity contribution in [2.24, 2.45) is 0 Å². The first-order valence-electron chi connectivity index (χ1n) is 28.7. The number of hydrogen-bond acceptors (Lipinski definition) is 6. The summed E-state index contributed by atoms with van der Waals surface area (Å²) < 4.78 is 16.7. The van der Waals surface area contributed by atoms with Gasteiger partial charge < -0.3 is 14.2 Å². The highest BCUT2D eigenvalue weighted by Gasteiger charge is 2.19. The molecule has 0 amide bonds. The minimum atomic E-state index is -0.847. The molecule has 0 aromatic rings. The van der Waals surface area contributed by atoms with Crippen molar-refractivity contribution in [3.05, 3.63) is 134 Å². The van der Waals surface area contributed by atoms with E-state index in [1.165, 1.54) is 77.0 Å². The van der Waals surface area contributed by atoms with Crippen molar-refractivity contribution in [1.82, 2.24) is 0 Å². The van der Waals surface area contributed by atoms with Gasteiger partial charge in [0.15, 0.2) is 6.10 Å². The van der Waals surface area contributed by atoms with Crippen molar-refractivity contribution in [2.45, 2.75) is 245 Å². The summed E-state index contributed by atoms with van der Waals surface area (Å²) in [5, 5.41) is 0. The zero-order valence-electron chi connectivity index (χ0n) is 45.7. The number of unbranched alkanes of at least 4 members (excludes halogenated alkanes) is 18. The molecule has 0 aliphatic carbocycles. The molecule has 0 aromatic carbocycles. The van der Waals surface area contributed by atoms with Gasteiger partial charge in [-0.15, -0.1) is 0 Å². The topological polar surface area (TPSA) is 78.9 Å². The number of carbonyl (C=O) groups excluding carboxylic acids is 3. The van der Waals surface area contributed by atoms with Crippen molar-refractivity contribution in [3.8, 4) is 0 Å². The van der Waals surface area contributed by atoms with Gasteiger partial charge >= 0.3 is 17.9 Å². The molecule has 0 aliphatic heterocycles. The van der Waals surface area contributed by atoms with E-state index < -0.39 is 12.1 Å². The average molecular weight is 982 g/mol. The largest absolute Gasteiger partial charge is 0.462 e. The zero-order valence-corrected chi connectivity index (χ0v) is 45.7. The summed E-state index contributed by atoms with van der Waals surface area (Å²) in [6.45, 7) is 6.30.